The minimum Gasteiger partial charge on any atom is -0.378 e. The molecule has 2 aromatic rings. The Morgan fingerprint density at radius 1 is 1.16 bits per heavy atom. The van der Waals surface area contributed by atoms with Crippen molar-refractivity contribution in [2.75, 3.05) is 5.32 Å². The smallest absolute Gasteiger partial charge is 0.0828 e. The summed E-state index contributed by atoms with van der Waals surface area (Å²) in [6.07, 6.45) is 2.06. The second-order valence-corrected chi connectivity index (χ2v) is 5.35. The van der Waals surface area contributed by atoms with Crippen molar-refractivity contribution in [2.24, 2.45) is 7.05 Å². The average molecular weight is 261 g/mol. The van der Waals surface area contributed by atoms with Gasteiger partial charge in [-0.15, -0.1) is 0 Å². The van der Waals surface area contributed by atoms with Crippen LogP contribution in [0.25, 0.3) is 0 Å². The van der Waals surface area contributed by atoms with Crippen LogP contribution in [0.1, 0.15) is 42.5 Å². The summed E-state index contributed by atoms with van der Waals surface area (Å²) in [5.74, 6) is 0. The van der Waals surface area contributed by atoms with Crippen LogP contribution < -0.4 is 5.32 Å². The Hall–Kier alpha value is -1.78. The fourth-order valence-electron chi connectivity index (χ4n) is 2.43. The van der Waals surface area contributed by atoms with Crippen LogP contribution >= 0.6 is 0 Å². The van der Waals surface area contributed by atoms with Gasteiger partial charge in [-0.3, -0.25) is 9.36 Å². The van der Waals surface area contributed by atoms with Crippen LogP contribution in [-0.2, 0) is 13.6 Å². The summed E-state index contributed by atoms with van der Waals surface area (Å²) < 4.78 is 3.91. The van der Waals surface area contributed by atoms with E-state index in [2.05, 4.69) is 47.2 Å². The summed E-state index contributed by atoms with van der Waals surface area (Å²) in [7, 11) is 1.95. The number of anilines is 1. The lowest BCUT2D eigenvalue weighted by atomic mass is 10.2. The Kier molecular flexibility index (Phi) is 3.64. The van der Waals surface area contributed by atoms with Crippen molar-refractivity contribution in [3.8, 4) is 0 Å². The van der Waals surface area contributed by atoms with Gasteiger partial charge in [0.25, 0.3) is 0 Å². The summed E-state index contributed by atoms with van der Waals surface area (Å²) in [6, 6.07) is 0.384. The lowest BCUT2D eigenvalue weighted by Gasteiger charge is -2.09. The number of nitrogens with one attached hydrogen (secondary N) is 1. The van der Waals surface area contributed by atoms with Gasteiger partial charge in [-0.2, -0.15) is 10.2 Å². The maximum absolute atomic E-state index is 4.58. The van der Waals surface area contributed by atoms with Gasteiger partial charge >= 0.3 is 0 Å². The number of aromatic nitrogens is 4. The Morgan fingerprint density at radius 2 is 1.84 bits per heavy atom. The molecule has 0 aliphatic rings. The molecular weight excluding hydrogens is 238 g/mol. The summed E-state index contributed by atoms with van der Waals surface area (Å²) in [4.78, 5) is 0. The second kappa shape index (κ2) is 5.07. The third-order valence-corrected chi connectivity index (χ3v) is 3.38. The van der Waals surface area contributed by atoms with Crippen molar-refractivity contribution < 1.29 is 0 Å². The van der Waals surface area contributed by atoms with Gasteiger partial charge in [-0.05, 0) is 34.6 Å². The molecule has 5 nitrogen and oxygen atoms in total. The normalized spacial score (nSPS) is 11.3. The highest BCUT2D eigenvalue weighted by Crippen LogP contribution is 2.23. The van der Waals surface area contributed by atoms with Gasteiger partial charge in [-0.25, -0.2) is 0 Å². The quantitative estimate of drug-likeness (QED) is 0.920. The van der Waals surface area contributed by atoms with Gasteiger partial charge in [-0.1, -0.05) is 0 Å². The van der Waals surface area contributed by atoms with Crippen molar-refractivity contribution in [3.05, 3.63) is 28.8 Å². The van der Waals surface area contributed by atoms with Crippen molar-refractivity contribution in [2.45, 2.75) is 47.2 Å². The molecule has 0 spiro atoms. The number of hydrogen-bond acceptors (Lipinski definition) is 3. The molecule has 0 fully saturated rings. The molecule has 0 saturated carbocycles. The predicted molar refractivity (Wildman–Crippen MR) is 77.4 cm³/mol. The lowest BCUT2D eigenvalue weighted by Crippen LogP contribution is -2.06. The van der Waals surface area contributed by atoms with E-state index in [4.69, 9.17) is 0 Å². The molecule has 0 aromatic carbocycles. The van der Waals surface area contributed by atoms with Gasteiger partial charge in [0.2, 0.25) is 0 Å². The maximum Gasteiger partial charge on any atom is 0.0828 e. The molecule has 2 rings (SSSR count). The summed E-state index contributed by atoms with van der Waals surface area (Å²) in [6.45, 7) is 11.3. The van der Waals surface area contributed by atoms with E-state index in [9.17, 15) is 0 Å². The highest BCUT2D eigenvalue weighted by Gasteiger charge is 2.13. The molecule has 0 radical (unpaired) electrons. The fraction of sp³-hybridized carbons (Fsp3) is 0.571. The van der Waals surface area contributed by atoms with Gasteiger partial charge in [0.05, 0.1) is 22.8 Å². The molecular formula is C14H23N5. The number of rotatable bonds is 4. The van der Waals surface area contributed by atoms with E-state index >= 15 is 0 Å². The first-order valence-corrected chi connectivity index (χ1v) is 6.68. The summed E-state index contributed by atoms with van der Waals surface area (Å²) in [5, 5.41) is 12.4. The minimum atomic E-state index is 0.384. The molecule has 19 heavy (non-hydrogen) atoms. The Bertz CT molecular complexity index is 577. The van der Waals surface area contributed by atoms with Crippen LogP contribution in [0, 0.1) is 20.8 Å². The minimum absolute atomic E-state index is 0.384. The van der Waals surface area contributed by atoms with Crippen molar-refractivity contribution >= 4 is 5.69 Å². The Labute approximate surface area is 114 Å². The van der Waals surface area contributed by atoms with Crippen molar-refractivity contribution in [3.63, 3.8) is 0 Å². The molecule has 0 atom stereocenters. The summed E-state index contributed by atoms with van der Waals surface area (Å²) >= 11 is 0. The van der Waals surface area contributed by atoms with Gasteiger partial charge in [0, 0.05) is 31.4 Å². The SMILES string of the molecule is Cc1nn(C)cc1CNc1c(C)nn(C(C)C)c1C. The number of aryl methyl sites for hydroxylation is 3. The maximum atomic E-state index is 4.58. The van der Waals surface area contributed by atoms with E-state index in [0.717, 1.165) is 23.6 Å². The van der Waals surface area contributed by atoms with E-state index in [0.29, 0.717) is 6.04 Å². The van der Waals surface area contributed by atoms with Crippen LogP contribution in [0.4, 0.5) is 5.69 Å². The van der Waals surface area contributed by atoms with Gasteiger partial charge in [0.15, 0.2) is 0 Å². The topological polar surface area (TPSA) is 47.7 Å². The molecule has 1 N–H and O–H groups in total. The molecule has 5 heteroatoms. The monoisotopic (exact) mass is 261 g/mol. The first-order chi connectivity index (χ1) is 8.90. The fourth-order valence-corrected chi connectivity index (χ4v) is 2.43. The highest BCUT2D eigenvalue weighted by atomic mass is 15.3. The zero-order valence-corrected chi connectivity index (χ0v) is 12.7. The lowest BCUT2D eigenvalue weighted by molar-refractivity contribution is 0.516. The van der Waals surface area contributed by atoms with Crippen LogP contribution in [0.3, 0.4) is 0 Å². The highest BCUT2D eigenvalue weighted by molar-refractivity contribution is 5.52. The van der Waals surface area contributed by atoms with E-state index in [1.165, 1.54) is 11.3 Å². The van der Waals surface area contributed by atoms with Gasteiger partial charge < -0.3 is 5.32 Å². The Morgan fingerprint density at radius 3 is 2.32 bits per heavy atom. The van der Waals surface area contributed by atoms with E-state index < -0.39 is 0 Å². The second-order valence-electron chi connectivity index (χ2n) is 5.35. The summed E-state index contributed by atoms with van der Waals surface area (Å²) in [5.41, 5.74) is 5.67. The molecule has 0 saturated heterocycles. The zero-order valence-electron chi connectivity index (χ0n) is 12.7. The van der Waals surface area contributed by atoms with Crippen LogP contribution in [-0.4, -0.2) is 19.6 Å². The molecule has 0 unspecified atom stereocenters. The van der Waals surface area contributed by atoms with E-state index in [-0.39, 0.29) is 0 Å². The zero-order chi connectivity index (χ0) is 14.2. The number of nitrogens with zero attached hydrogens (tertiary/aromatic N) is 4. The van der Waals surface area contributed by atoms with Crippen LogP contribution in [0.5, 0.6) is 0 Å². The molecule has 0 aliphatic carbocycles. The van der Waals surface area contributed by atoms with Crippen LogP contribution in [0.2, 0.25) is 0 Å². The largest absolute Gasteiger partial charge is 0.378 e. The standard InChI is InChI=1S/C14H23N5/c1-9(2)19-12(5)14(11(4)17-19)15-7-13-8-18(6)16-10(13)3/h8-9,15H,7H2,1-6H3. The van der Waals surface area contributed by atoms with Crippen LogP contribution in [0.15, 0.2) is 6.20 Å². The predicted octanol–water partition coefficient (Wildman–Crippen LogP) is 2.73. The van der Waals surface area contributed by atoms with E-state index in [1.54, 1.807) is 0 Å². The molecule has 104 valence electrons. The first-order valence-electron chi connectivity index (χ1n) is 6.68. The first kappa shape index (κ1) is 13.6. The molecule has 2 heterocycles. The third kappa shape index (κ3) is 2.64. The third-order valence-electron chi connectivity index (χ3n) is 3.38. The molecule has 2 aromatic heterocycles. The number of hydrogen-bond donors (Lipinski definition) is 1. The van der Waals surface area contributed by atoms with Crippen molar-refractivity contribution in [1.29, 1.82) is 0 Å². The van der Waals surface area contributed by atoms with Crippen molar-refractivity contribution in [1.82, 2.24) is 19.6 Å². The average Bonchev–Trinajstić information content (AvgIpc) is 2.77. The molecule has 0 bridgehead atoms. The molecule has 0 aliphatic heterocycles. The van der Waals surface area contributed by atoms with E-state index in [1.807, 2.05) is 25.6 Å². The molecule has 0 amide bonds. The Balaban J connectivity index is 2.18. The van der Waals surface area contributed by atoms with Gasteiger partial charge in [0.1, 0.15) is 0 Å².